The van der Waals surface area contributed by atoms with Crippen LogP contribution in [-0.4, -0.2) is 27.4 Å². The van der Waals surface area contributed by atoms with Crippen molar-refractivity contribution in [3.63, 3.8) is 0 Å². The number of aryl methyl sites for hydroxylation is 2. The molecule has 3 aromatic rings. The minimum atomic E-state index is -4.09. The first-order valence-electron chi connectivity index (χ1n) is 10.0. The molecule has 8 heteroatoms. The Morgan fingerprint density at radius 2 is 1.52 bits per heavy atom. The molecule has 7 nitrogen and oxygen atoms in total. The van der Waals surface area contributed by atoms with Crippen molar-refractivity contribution in [1.82, 2.24) is 0 Å². The number of hydrogen-bond acceptors (Lipinski definition) is 7. The van der Waals surface area contributed by atoms with Crippen molar-refractivity contribution >= 4 is 28.1 Å². The summed E-state index contributed by atoms with van der Waals surface area (Å²) in [6, 6.07) is 18.4. The van der Waals surface area contributed by atoms with Crippen LogP contribution in [-0.2, 0) is 19.6 Å². The molecule has 0 aromatic heterocycles. The molecule has 1 aliphatic heterocycles. The quantitative estimate of drug-likeness (QED) is 0.305. The van der Waals surface area contributed by atoms with Gasteiger partial charge in [-0.05, 0) is 61.9 Å². The predicted octanol–water partition coefficient (Wildman–Crippen LogP) is 4.42. The predicted molar refractivity (Wildman–Crippen MR) is 124 cm³/mol. The number of benzene rings is 3. The molecule has 3 aromatic carbocycles. The van der Waals surface area contributed by atoms with Crippen LogP contribution in [0.2, 0.25) is 0 Å². The molecule has 0 saturated carbocycles. The lowest BCUT2D eigenvalue weighted by molar-refractivity contribution is -0.129. The molecule has 0 aliphatic carbocycles. The van der Waals surface area contributed by atoms with Crippen molar-refractivity contribution in [2.75, 3.05) is 7.11 Å². The second-order valence-electron chi connectivity index (χ2n) is 7.46. The minimum absolute atomic E-state index is 0.0125. The van der Waals surface area contributed by atoms with E-state index in [9.17, 15) is 13.2 Å². The Balaban J connectivity index is 1.65. The van der Waals surface area contributed by atoms with E-state index in [-0.39, 0.29) is 28.0 Å². The third-order valence-electron chi connectivity index (χ3n) is 4.92. The first kappa shape index (κ1) is 22.3. The molecule has 168 valence electrons. The summed E-state index contributed by atoms with van der Waals surface area (Å²) >= 11 is 0. The van der Waals surface area contributed by atoms with E-state index >= 15 is 0 Å². The van der Waals surface area contributed by atoms with Gasteiger partial charge in [-0.25, -0.2) is 9.79 Å². The van der Waals surface area contributed by atoms with Gasteiger partial charge in [-0.1, -0.05) is 41.5 Å². The molecule has 1 heterocycles. The maximum Gasteiger partial charge on any atom is 0.363 e. The topological polar surface area (TPSA) is 91.3 Å². The summed E-state index contributed by atoms with van der Waals surface area (Å²) in [5, 5.41) is 0. The third-order valence-corrected chi connectivity index (χ3v) is 6.17. The zero-order valence-electron chi connectivity index (χ0n) is 18.2. The molecule has 1 aliphatic rings. The first-order valence-corrected chi connectivity index (χ1v) is 11.4. The zero-order valence-corrected chi connectivity index (χ0v) is 19.0. The fraction of sp³-hybridized carbons (Fsp3) is 0.120. The summed E-state index contributed by atoms with van der Waals surface area (Å²) in [7, 11) is -2.68. The molecule has 0 atom stereocenters. The number of nitrogens with zero attached hydrogens (tertiary/aromatic N) is 1. The number of esters is 1. The van der Waals surface area contributed by atoms with E-state index in [4.69, 9.17) is 13.7 Å². The number of cyclic esters (lactones) is 1. The highest BCUT2D eigenvalue weighted by Gasteiger charge is 2.25. The van der Waals surface area contributed by atoms with Gasteiger partial charge >= 0.3 is 16.1 Å². The molecule has 0 amide bonds. The van der Waals surface area contributed by atoms with Crippen LogP contribution < -0.4 is 8.92 Å². The summed E-state index contributed by atoms with van der Waals surface area (Å²) in [4.78, 5) is 16.6. The van der Waals surface area contributed by atoms with Crippen molar-refractivity contribution in [3.8, 4) is 11.5 Å². The van der Waals surface area contributed by atoms with Crippen molar-refractivity contribution < 1.29 is 26.9 Å². The van der Waals surface area contributed by atoms with Gasteiger partial charge in [0.05, 0.1) is 7.11 Å². The van der Waals surface area contributed by atoms with E-state index in [2.05, 4.69) is 4.99 Å². The molecule has 0 saturated heterocycles. The smallest absolute Gasteiger partial charge is 0.363 e. The van der Waals surface area contributed by atoms with Gasteiger partial charge in [0, 0.05) is 5.56 Å². The number of aliphatic imine (C=N–C) groups is 1. The molecule has 0 bridgehead atoms. The summed E-state index contributed by atoms with van der Waals surface area (Å²) < 4.78 is 41.3. The maximum absolute atomic E-state index is 12.7. The Hall–Kier alpha value is -3.91. The van der Waals surface area contributed by atoms with Crippen molar-refractivity contribution in [2.24, 2.45) is 4.99 Å². The monoisotopic (exact) mass is 463 g/mol. The van der Waals surface area contributed by atoms with Gasteiger partial charge in [0.25, 0.3) is 0 Å². The van der Waals surface area contributed by atoms with Crippen LogP contribution in [0.4, 0.5) is 0 Å². The highest BCUT2D eigenvalue weighted by Crippen LogP contribution is 2.32. The summed E-state index contributed by atoms with van der Waals surface area (Å²) in [6.07, 6.45) is 1.49. The summed E-state index contributed by atoms with van der Waals surface area (Å²) in [5.41, 5.74) is 3.26. The Bertz CT molecular complexity index is 1370. The molecule has 0 spiro atoms. The van der Waals surface area contributed by atoms with Gasteiger partial charge in [0.15, 0.2) is 17.2 Å². The van der Waals surface area contributed by atoms with Crippen LogP contribution in [0.5, 0.6) is 11.5 Å². The van der Waals surface area contributed by atoms with Crippen LogP contribution in [0, 0.1) is 13.8 Å². The second kappa shape index (κ2) is 8.91. The standard InChI is InChI=1S/C25H21NO6S/c1-16-4-9-19(10-5-16)24-26-21(25(27)31-24)14-18-8-13-22(30-3)23(15-18)32-33(28,29)20-11-6-17(2)7-12-20/h4-15H,1-3H3. The SMILES string of the molecule is COc1ccc(C=C2N=C(c3ccc(C)cc3)OC2=O)cc1OS(=O)(=O)c1ccc(C)cc1. The Morgan fingerprint density at radius 3 is 2.15 bits per heavy atom. The lowest BCUT2D eigenvalue weighted by Gasteiger charge is -2.11. The highest BCUT2D eigenvalue weighted by atomic mass is 32.2. The van der Waals surface area contributed by atoms with Gasteiger partial charge in [-0.3, -0.25) is 0 Å². The fourth-order valence-electron chi connectivity index (χ4n) is 3.11. The number of ether oxygens (including phenoxy) is 2. The summed E-state index contributed by atoms with van der Waals surface area (Å²) in [5.74, 6) is -0.179. The summed E-state index contributed by atoms with van der Waals surface area (Å²) in [6.45, 7) is 3.82. The highest BCUT2D eigenvalue weighted by molar-refractivity contribution is 7.87. The number of hydrogen-bond donors (Lipinski definition) is 0. The van der Waals surface area contributed by atoms with Crippen molar-refractivity contribution in [1.29, 1.82) is 0 Å². The average molecular weight is 464 g/mol. The van der Waals surface area contributed by atoms with E-state index in [1.165, 1.54) is 31.4 Å². The second-order valence-corrected chi connectivity index (χ2v) is 9.01. The fourth-order valence-corrected chi connectivity index (χ4v) is 4.04. The molecular weight excluding hydrogens is 442 g/mol. The number of rotatable bonds is 6. The minimum Gasteiger partial charge on any atom is -0.493 e. The maximum atomic E-state index is 12.7. The van der Waals surface area contributed by atoms with Crippen LogP contribution in [0.25, 0.3) is 6.08 Å². The molecule has 0 radical (unpaired) electrons. The Labute approximate surface area is 192 Å². The molecule has 0 N–H and O–H groups in total. The number of methoxy groups -OCH3 is 1. The van der Waals surface area contributed by atoms with Gasteiger partial charge < -0.3 is 13.7 Å². The molecule has 0 unspecified atom stereocenters. The van der Waals surface area contributed by atoms with Crippen LogP contribution in [0.15, 0.2) is 82.3 Å². The van der Waals surface area contributed by atoms with Crippen LogP contribution in [0.3, 0.4) is 0 Å². The van der Waals surface area contributed by atoms with Gasteiger partial charge in [0.1, 0.15) is 4.90 Å². The van der Waals surface area contributed by atoms with Crippen LogP contribution in [0.1, 0.15) is 22.3 Å². The van der Waals surface area contributed by atoms with E-state index in [1.807, 2.05) is 38.1 Å². The average Bonchev–Trinajstić information content (AvgIpc) is 3.14. The van der Waals surface area contributed by atoms with Crippen LogP contribution >= 0.6 is 0 Å². The molecule has 0 fully saturated rings. The lowest BCUT2D eigenvalue weighted by atomic mass is 10.1. The normalized spacial score (nSPS) is 14.7. The third kappa shape index (κ3) is 4.96. The molecule has 33 heavy (non-hydrogen) atoms. The van der Waals surface area contributed by atoms with E-state index in [0.29, 0.717) is 11.1 Å². The van der Waals surface area contributed by atoms with Crippen molar-refractivity contribution in [3.05, 3.63) is 94.7 Å². The Morgan fingerprint density at radius 1 is 0.879 bits per heavy atom. The lowest BCUT2D eigenvalue weighted by Crippen LogP contribution is -2.10. The van der Waals surface area contributed by atoms with Gasteiger partial charge in [0.2, 0.25) is 5.90 Å². The van der Waals surface area contributed by atoms with Gasteiger partial charge in [-0.15, -0.1) is 0 Å². The first-order chi connectivity index (χ1) is 15.7. The van der Waals surface area contributed by atoms with E-state index < -0.39 is 16.1 Å². The molecular formula is C25H21NO6S. The molecule has 4 rings (SSSR count). The largest absolute Gasteiger partial charge is 0.493 e. The Kier molecular flexibility index (Phi) is 6.02. The zero-order chi connectivity index (χ0) is 23.6. The number of carbonyl (C=O) groups is 1. The number of carbonyl (C=O) groups excluding carboxylic acids is 1. The van der Waals surface area contributed by atoms with Gasteiger partial charge in [-0.2, -0.15) is 8.42 Å². The van der Waals surface area contributed by atoms with E-state index in [0.717, 1.165) is 11.1 Å². The van der Waals surface area contributed by atoms with E-state index in [1.54, 1.807) is 24.3 Å². The van der Waals surface area contributed by atoms with Crippen molar-refractivity contribution in [2.45, 2.75) is 18.7 Å².